The van der Waals surface area contributed by atoms with E-state index in [9.17, 15) is 18.0 Å². The second-order valence-corrected chi connectivity index (χ2v) is 13.2. The number of ether oxygens (including phenoxy) is 1. The Balaban J connectivity index is 2.11. The maximum absolute atomic E-state index is 14.2. The third-order valence-electron chi connectivity index (χ3n) is 6.16. The minimum absolute atomic E-state index is 0.0271. The number of anilines is 1. The molecule has 2 amide bonds. The lowest BCUT2D eigenvalue weighted by Crippen LogP contribution is -2.55. The molecule has 3 aromatic rings. The Morgan fingerprint density at radius 3 is 2.27 bits per heavy atom. The molecule has 0 radical (unpaired) electrons. The van der Waals surface area contributed by atoms with Gasteiger partial charge in [-0.25, -0.2) is 8.42 Å². The van der Waals surface area contributed by atoms with E-state index < -0.39 is 34.1 Å². The van der Waals surface area contributed by atoms with Gasteiger partial charge in [0.15, 0.2) is 0 Å². The zero-order chi connectivity index (χ0) is 30.4. The molecule has 1 N–H and O–H groups in total. The van der Waals surface area contributed by atoms with Gasteiger partial charge in [0.25, 0.3) is 10.0 Å². The van der Waals surface area contributed by atoms with Crippen molar-refractivity contribution >= 4 is 50.7 Å². The highest BCUT2D eigenvalue weighted by Gasteiger charge is 2.35. The van der Waals surface area contributed by atoms with Gasteiger partial charge in [-0.05, 0) is 75.2 Å². The topological polar surface area (TPSA) is 96.0 Å². The summed E-state index contributed by atoms with van der Waals surface area (Å²) in [6.07, 6.45) is 0.293. The number of amides is 2. The Morgan fingerprint density at radius 2 is 1.66 bits per heavy atom. The molecule has 0 saturated heterocycles. The van der Waals surface area contributed by atoms with Crippen LogP contribution in [0.25, 0.3) is 0 Å². The SMILES string of the molecule is CCC(C(=O)NC(C)(C)C)N(Cc1cccc(OC)c1)C(=O)CN(c1cc(Cl)ccc1Cl)S(=O)(=O)c1ccccc1. The predicted molar refractivity (Wildman–Crippen MR) is 163 cm³/mol. The number of methoxy groups -OCH3 is 1. The molecular weight excluding hydrogens is 585 g/mol. The Bertz CT molecular complexity index is 1480. The van der Waals surface area contributed by atoms with E-state index in [1.807, 2.05) is 26.8 Å². The highest BCUT2D eigenvalue weighted by atomic mass is 35.5. The van der Waals surface area contributed by atoms with Crippen molar-refractivity contribution in [2.24, 2.45) is 0 Å². The van der Waals surface area contributed by atoms with E-state index in [1.165, 1.54) is 42.3 Å². The van der Waals surface area contributed by atoms with Crippen LogP contribution >= 0.6 is 23.2 Å². The molecule has 3 rings (SSSR count). The number of rotatable bonds is 11. The molecule has 0 aliphatic carbocycles. The zero-order valence-electron chi connectivity index (χ0n) is 23.7. The van der Waals surface area contributed by atoms with E-state index in [2.05, 4.69) is 5.32 Å². The van der Waals surface area contributed by atoms with Crippen molar-refractivity contribution in [3.63, 3.8) is 0 Å². The number of hydrogen-bond donors (Lipinski definition) is 1. The molecule has 0 spiro atoms. The second-order valence-electron chi connectivity index (χ2n) is 10.5. The van der Waals surface area contributed by atoms with Gasteiger partial charge in [0, 0.05) is 17.1 Å². The molecule has 0 bridgehead atoms. The number of halogens is 2. The Morgan fingerprint density at radius 1 is 0.976 bits per heavy atom. The molecule has 220 valence electrons. The van der Waals surface area contributed by atoms with E-state index in [0.29, 0.717) is 17.7 Å². The summed E-state index contributed by atoms with van der Waals surface area (Å²) >= 11 is 12.7. The van der Waals surface area contributed by atoms with Gasteiger partial charge in [0.05, 0.1) is 22.7 Å². The number of carbonyl (C=O) groups excluding carboxylic acids is 2. The number of nitrogens with zero attached hydrogens (tertiary/aromatic N) is 2. The highest BCUT2D eigenvalue weighted by molar-refractivity contribution is 7.92. The van der Waals surface area contributed by atoms with Crippen LogP contribution in [-0.2, 0) is 26.2 Å². The van der Waals surface area contributed by atoms with Crippen molar-refractivity contribution in [2.45, 2.75) is 57.1 Å². The number of carbonyl (C=O) groups is 2. The Labute approximate surface area is 252 Å². The molecule has 11 heteroatoms. The van der Waals surface area contributed by atoms with Gasteiger partial charge in [0.2, 0.25) is 11.8 Å². The number of sulfonamides is 1. The predicted octanol–water partition coefficient (Wildman–Crippen LogP) is 5.92. The van der Waals surface area contributed by atoms with Gasteiger partial charge in [0.1, 0.15) is 18.3 Å². The minimum atomic E-state index is -4.26. The van der Waals surface area contributed by atoms with Crippen LogP contribution in [0, 0.1) is 0 Å². The maximum Gasteiger partial charge on any atom is 0.264 e. The largest absolute Gasteiger partial charge is 0.497 e. The lowest BCUT2D eigenvalue weighted by molar-refractivity contribution is -0.141. The van der Waals surface area contributed by atoms with Crippen LogP contribution in [0.4, 0.5) is 5.69 Å². The van der Waals surface area contributed by atoms with Crippen LogP contribution in [0.3, 0.4) is 0 Å². The van der Waals surface area contributed by atoms with Crippen LogP contribution in [0.5, 0.6) is 5.75 Å². The summed E-state index contributed by atoms with van der Waals surface area (Å²) in [6.45, 7) is 6.75. The van der Waals surface area contributed by atoms with E-state index in [1.54, 1.807) is 43.3 Å². The lowest BCUT2D eigenvalue weighted by atomic mass is 10.1. The van der Waals surface area contributed by atoms with Crippen molar-refractivity contribution in [1.82, 2.24) is 10.2 Å². The van der Waals surface area contributed by atoms with Crippen molar-refractivity contribution in [3.05, 3.63) is 88.4 Å². The standard InChI is InChI=1S/C30H35Cl2N3O5S/c1-6-26(29(37)33-30(2,3)4)34(19-21-11-10-12-23(17-21)40-5)28(36)20-35(27-18-22(31)15-16-25(27)32)41(38,39)24-13-8-7-9-14-24/h7-18,26H,6,19-20H2,1-5H3,(H,33,37). The summed E-state index contributed by atoms with van der Waals surface area (Å²) in [5.74, 6) is -0.366. The van der Waals surface area contributed by atoms with E-state index in [0.717, 1.165) is 4.31 Å². The molecule has 0 aliphatic heterocycles. The smallest absolute Gasteiger partial charge is 0.264 e. The molecule has 1 unspecified atom stereocenters. The summed E-state index contributed by atoms with van der Waals surface area (Å²) in [7, 11) is -2.73. The number of hydrogen-bond acceptors (Lipinski definition) is 5. The molecule has 0 fully saturated rings. The first-order valence-corrected chi connectivity index (χ1v) is 15.2. The average molecular weight is 621 g/mol. The lowest BCUT2D eigenvalue weighted by Gasteiger charge is -2.35. The van der Waals surface area contributed by atoms with Gasteiger partial charge in [-0.2, -0.15) is 0 Å². The summed E-state index contributed by atoms with van der Waals surface area (Å²) in [4.78, 5) is 28.9. The van der Waals surface area contributed by atoms with Crippen molar-refractivity contribution in [2.75, 3.05) is 18.0 Å². The second kappa shape index (κ2) is 13.6. The highest BCUT2D eigenvalue weighted by Crippen LogP contribution is 2.33. The van der Waals surface area contributed by atoms with Crippen LogP contribution in [0.2, 0.25) is 10.0 Å². The quantitative estimate of drug-likeness (QED) is 0.287. The van der Waals surface area contributed by atoms with Crippen LogP contribution < -0.4 is 14.4 Å². The first-order valence-electron chi connectivity index (χ1n) is 13.0. The summed E-state index contributed by atoms with van der Waals surface area (Å²) < 4.78 is 34.1. The van der Waals surface area contributed by atoms with Crippen LogP contribution in [0.15, 0.2) is 77.7 Å². The zero-order valence-corrected chi connectivity index (χ0v) is 26.1. The number of benzene rings is 3. The van der Waals surface area contributed by atoms with Crippen molar-refractivity contribution in [3.8, 4) is 5.75 Å². The summed E-state index contributed by atoms with van der Waals surface area (Å²) in [5, 5.41) is 3.28. The third kappa shape index (κ3) is 8.38. The normalized spacial score (nSPS) is 12.4. The molecular formula is C30H35Cl2N3O5S. The number of nitrogens with one attached hydrogen (secondary N) is 1. The summed E-state index contributed by atoms with van der Waals surface area (Å²) in [5.41, 5.74) is 0.203. The summed E-state index contributed by atoms with van der Waals surface area (Å²) in [6, 6.07) is 18.4. The molecule has 41 heavy (non-hydrogen) atoms. The molecule has 3 aromatic carbocycles. The first kappa shape index (κ1) is 32.2. The monoisotopic (exact) mass is 619 g/mol. The van der Waals surface area contributed by atoms with Gasteiger partial charge in [-0.15, -0.1) is 0 Å². The molecule has 1 atom stereocenters. The van der Waals surface area contributed by atoms with E-state index in [-0.39, 0.29) is 33.1 Å². The van der Waals surface area contributed by atoms with Gasteiger partial charge in [-0.1, -0.05) is 60.5 Å². The van der Waals surface area contributed by atoms with Crippen LogP contribution in [-0.4, -0.2) is 50.4 Å². The fraction of sp³-hybridized carbons (Fsp3) is 0.333. The van der Waals surface area contributed by atoms with Gasteiger partial charge >= 0.3 is 0 Å². The molecule has 0 aliphatic rings. The Kier molecular flexibility index (Phi) is 10.7. The maximum atomic E-state index is 14.2. The Hall–Kier alpha value is -3.27. The van der Waals surface area contributed by atoms with Crippen LogP contribution in [0.1, 0.15) is 39.7 Å². The average Bonchev–Trinajstić information content (AvgIpc) is 2.92. The van der Waals surface area contributed by atoms with Gasteiger partial charge < -0.3 is 15.0 Å². The first-order chi connectivity index (χ1) is 19.3. The third-order valence-corrected chi connectivity index (χ3v) is 8.49. The van der Waals surface area contributed by atoms with Crippen molar-refractivity contribution in [1.29, 1.82) is 0 Å². The van der Waals surface area contributed by atoms with E-state index in [4.69, 9.17) is 27.9 Å². The van der Waals surface area contributed by atoms with E-state index >= 15 is 0 Å². The van der Waals surface area contributed by atoms with Gasteiger partial charge in [-0.3, -0.25) is 13.9 Å². The fourth-order valence-corrected chi connectivity index (χ4v) is 6.13. The molecule has 8 nitrogen and oxygen atoms in total. The molecule has 0 aromatic heterocycles. The molecule has 0 saturated carbocycles. The minimum Gasteiger partial charge on any atom is -0.497 e. The van der Waals surface area contributed by atoms with Crippen molar-refractivity contribution < 1.29 is 22.7 Å². The fourth-order valence-electron chi connectivity index (χ4n) is 4.25. The molecule has 0 heterocycles.